The lowest BCUT2D eigenvalue weighted by molar-refractivity contribution is -0.137. The van der Waals surface area contributed by atoms with Gasteiger partial charge in [0.05, 0.1) is 12.4 Å². The Morgan fingerprint density at radius 1 is 1.03 bits per heavy atom. The Kier molecular flexibility index (Phi) is 6.88. The Labute approximate surface area is 202 Å². The molecule has 4 amide bonds. The molecule has 0 bridgehead atoms. The smallest absolute Gasteiger partial charge is 0.321 e. The van der Waals surface area contributed by atoms with E-state index in [9.17, 15) is 14.4 Å². The topological polar surface area (TPSA) is 85.0 Å². The van der Waals surface area contributed by atoms with E-state index in [4.69, 9.17) is 0 Å². The molecular weight excluding hydrogens is 486 g/mol. The second-order valence-electron chi connectivity index (χ2n) is 8.29. The van der Waals surface area contributed by atoms with Gasteiger partial charge < -0.3 is 25.3 Å². The van der Waals surface area contributed by atoms with Crippen LogP contribution in [-0.4, -0.2) is 66.0 Å². The predicted molar refractivity (Wildman–Crippen MR) is 131 cm³/mol. The molecule has 2 saturated heterocycles. The molecule has 33 heavy (non-hydrogen) atoms. The fourth-order valence-electron chi connectivity index (χ4n) is 4.59. The van der Waals surface area contributed by atoms with Crippen molar-refractivity contribution in [3.63, 3.8) is 0 Å². The second kappa shape index (κ2) is 9.82. The number of likely N-dealkylation sites (tertiary alicyclic amines) is 1. The number of hydrogen-bond acceptors (Lipinski definition) is 4. The van der Waals surface area contributed by atoms with Crippen molar-refractivity contribution in [3.8, 4) is 0 Å². The summed E-state index contributed by atoms with van der Waals surface area (Å²) in [5, 5.41) is 5.71. The van der Waals surface area contributed by atoms with E-state index in [0.717, 1.165) is 10.2 Å². The van der Waals surface area contributed by atoms with Gasteiger partial charge in [0.25, 0.3) is 5.91 Å². The van der Waals surface area contributed by atoms with Crippen molar-refractivity contribution in [2.45, 2.75) is 25.3 Å². The summed E-state index contributed by atoms with van der Waals surface area (Å²) < 4.78 is 0.814. The van der Waals surface area contributed by atoms with Crippen LogP contribution in [-0.2, 0) is 9.59 Å². The van der Waals surface area contributed by atoms with E-state index >= 15 is 0 Å². The highest BCUT2D eigenvalue weighted by Crippen LogP contribution is 2.39. The van der Waals surface area contributed by atoms with E-state index in [0.29, 0.717) is 44.8 Å². The number of rotatable bonds is 5. The standard InChI is InChI=1S/C24H28BrN5O3/c1-2-26-21(31)16-29-17-30(18-8-4-3-5-9-18)24(22(29)32)12-14-28(15-13-24)23(33)27-20-11-7-6-10-19(20)25/h3-11H,2,12-17H2,1H3,(H,26,31)(H,27,33). The fourth-order valence-corrected chi connectivity index (χ4v) is 4.97. The molecule has 2 fully saturated rings. The molecule has 2 aliphatic rings. The lowest BCUT2D eigenvalue weighted by atomic mass is 9.85. The van der Waals surface area contributed by atoms with Gasteiger partial charge in [-0.25, -0.2) is 4.79 Å². The summed E-state index contributed by atoms with van der Waals surface area (Å²) in [6.45, 7) is 3.65. The van der Waals surface area contributed by atoms with Crippen molar-refractivity contribution in [1.29, 1.82) is 0 Å². The molecular formula is C24H28BrN5O3. The van der Waals surface area contributed by atoms with Crippen LogP contribution in [0, 0.1) is 0 Å². The normalized spacial score (nSPS) is 17.4. The molecule has 2 aromatic rings. The highest BCUT2D eigenvalue weighted by atomic mass is 79.9. The number of carbonyl (C=O) groups is 3. The number of nitrogens with one attached hydrogen (secondary N) is 2. The molecule has 2 aliphatic heterocycles. The van der Waals surface area contributed by atoms with Crippen LogP contribution in [0.1, 0.15) is 19.8 Å². The number of para-hydroxylation sites is 2. The van der Waals surface area contributed by atoms with Crippen LogP contribution >= 0.6 is 15.9 Å². The van der Waals surface area contributed by atoms with Crippen LogP contribution in [0.3, 0.4) is 0 Å². The SMILES string of the molecule is CCNC(=O)CN1CN(c2ccccc2)C2(CCN(C(=O)Nc3ccccc3Br)CC2)C1=O. The highest BCUT2D eigenvalue weighted by molar-refractivity contribution is 9.10. The minimum absolute atomic E-state index is 0.0317. The van der Waals surface area contributed by atoms with Crippen LogP contribution in [0.15, 0.2) is 59.1 Å². The van der Waals surface area contributed by atoms with Gasteiger partial charge in [-0.05, 0) is 60.0 Å². The molecule has 174 valence electrons. The number of piperidine rings is 1. The van der Waals surface area contributed by atoms with E-state index in [2.05, 4.69) is 31.5 Å². The molecule has 0 atom stereocenters. The number of halogens is 1. The minimum Gasteiger partial charge on any atom is -0.355 e. The van der Waals surface area contributed by atoms with Gasteiger partial charge in [-0.2, -0.15) is 0 Å². The van der Waals surface area contributed by atoms with Crippen LogP contribution in [0.2, 0.25) is 0 Å². The van der Waals surface area contributed by atoms with Crippen LogP contribution < -0.4 is 15.5 Å². The second-order valence-corrected chi connectivity index (χ2v) is 9.14. The number of amides is 4. The van der Waals surface area contributed by atoms with Gasteiger partial charge in [-0.3, -0.25) is 9.59 Å². The third-order valence-corrected chi connectivity index (χ3v) is 6.98. The van der Waals surface area contributed by atoms with Crippen molar-refractivity contribution in [1.82, 2.24) is 15.1 Å². The van der Waals surface area contributed by atoms with E-state index in [-0.39, 0.29) is 24.4 Å². The summed E-state index contributed by atoms with van der Waals surface area (Å²) in [4.78, 5) is 44.1. The zero-order chi connectivity index (χ0) is 23.4. The summed E-state index contributed by atoms with van der Waals surface area (Å²) in [5.74, 6) is -0.218. The summed E-state index contributed by atoms with van der Waals surface area (Å²) in [7, 11) is 0. The first-order valence-electron chi connectivity index (χ1n) is 11.1. The maximum atomic E-state index is 13.6. The van der Waals surface area contributed by atoms with Crippen molar-refractivity contribution < 1.29 is 14.4 Å². The Bertz CT molecular complexity index is 1020. The third kappa shape index (κ3) is 4.68. The monoisotopic (exact) mass is 513 g/mol. The number of anilines is 2. The number of nitrogens with zero attached hydrogens (tertiary/aromatic N) is 3. The molecule has 0 radical (unpaired) electrons. The van der Waals surface area contributed by atoms with Gasteiger partial charge in [0.15, 0.2) is 0 Å². The Morgan fingerprint density at radius 3 is 2.36 bits per heavy atom. The lowest BCUT2D eigenvalue weighted by Gasteiger charge is -2.43. The minimum atomic E-state index is -0.766. The van der Waals surface area contributed by atoms with Gasteiger partial charge in [0.1, 0.15) is 12.1 Å². The van der Waals surface area contributed by atoms with Crippen LogP contribution in [0.5, 0.6) is 0 Å². The summed E-state index contributed by atoms with van der Waals surface area (Å²) in [6, 6.07) is 17.1. The fraction of sp³-hybridized carbons (Fsp3) is 0.375. The van der Waals surface area contributed by atoms with Crippen molar-refractivity contribution in [2.24, 2.45) is 0 Å². The maximum absolute atomic E-state index is 13.6. The molecule has 0 unspecified atom stereocenters. The molecule has 2 aromatic carbocycles. The number of benzene rings is 2. The van der Waals surface area contributed by atoms with Gasteiger partial charge in [-0.15, -0.1) is 0 Å². The molecule has 4 rings (SSSR count). The first-order chi connectivity index (χ1) is 15.9. The van der Waals surface area contributed by atoms with Crippen molar-refractivity contribution in [3.05, 3.63) is 59.1 Å². The van der Waals surface area contributed by atoms with Crippen LogP contribution in [0.25, 0.3) is 0 Å². The quantitative estimate of drug-likeness (QED) is 0.642. The molecule has 0 saturated carbocycles. The number of likely N-dealkylation sites (N-methyl/N-ethyl adjacent to an activating group) is 1. The van der Waals surface area contributed by atoms with E-state index in [1.165, 1.54) is 0 Å². The van der Waals surface area contributed by atoms with Crippen molar-refractivity contribution in [2.75, 3.05) is 43.1 Å². The average Bonchev–Trinajstić information content (AvgIpc) is 3.08. The van der Waals surface area contributed by atoms with Gasteiger partial charge >= 0.3 is 6.03 Å². The van der Waals surface area contributed by atoms with E-state index in [1.54, 1.807) is 9.80 Å². The summed E-state index contributed by atoms with van der Waals surface area (Å²) >= 11 is 3.45. The largest absolute Gasteiger partial charge is 0.355 e. The van der Waals surface area contributed by atoms with E-state index < -0.39 is 5.54 Å². The lowest BCUT2D eigenvalue weighted by Crippen LogP contribution is -2.58. The van der Waals surface area contributed by atoms with Gasteiger partial charge in [-0.1, -0.05) is 30.3 Å². The molecule has 2 N–H and O–H groups in total. The Morgan fingerprint density at radius 2 is 1.70 bits per heavy atom. The zero-order valence-electron chi connectivity index (χ0n) is 18.6. The highest BCUT2D eigenvalue weighted by Gasteiger charge is 2.54. The maximum Gasteiger partial charge on any atom is 0.321 e. The number of urea groups is 1. The average molecular weight is 514 g/mol. The Balaban J connectivity index is 1.51. The molecule has 9 heteroatoms. The number of carbonyl (C=O) groups excluding carboxylic acids is 3. The first kappa shape index (κ1) is 23.1. The van der Waals surface area contributed by atoms with Crippen LogP contribution in [0.4, 0.5) is 16.2 Å². The Hall–Kier alpha value is -3.07. The molecule has 2 heterocycles. The summed E-state index contributed by atoms with van der Waals surface area (Å²) in [5.41, 5.74) is 0.881. The van der Waals surface area contributed by atoms with E-state index in [1.807, 2.05) is 61.5 Å². The molecule has 0 aromatic heterocycles. The number of hydrogen-bond donors (Lipinski definition) is 2. The molecule has 8 nitrogen and oxygen atoms in total. The predicted octanol–water partition coefficient (Wildman–Crippen LogP) is 3.26. The molecule has 0 aliphatic carbocycles. The molecule has 1 spiro atoms. The summed E-state index contributed by atoms with van der Waals surface area (Å²) in [6.07, 6.45) is 0.992. The zero-order valence-corrected chi connectivity index (χ0v) is 20.2. The van der Waals surface area contributed by atoms with Gasteiger partial charge in [0.2, 0.25) is 5.91 Å². The van der Waals surface area contributed by atoms with Crippen molar-refractivity contribution >= 4 is 45.2 Å². The third-order valence-electron chi connectivity index (χ3n) is 6.28. The first-order valence-corrected chi connectivity index (χ1v) is 11.9. The van der Waals surface area contributed by atoms with Gasteiger partial charge in [0, 0.05) is 29.8 Å².